The Balaban J connectivity index is 1.86. The smallest absolute Gasteiger partial charge is 0.325 e. The van der Waals surface area contributed by atoms with Crippen LogP contribution in [0.15, 0.2) is 17.2 Å². The average molecular weight is 476 g/mol. The van der Waals surface area contributed by atoms with E-state index in [2.05, 4.69) is 5.32 Å². The number of carbonyl (C=O) groups is 3. The predicted molar refractivity (Wildman–Crippen MR) is 127 cm³/mol. The van der Waals surface area contributed by atoms with E-state index in [1.165, 1.54) is 25.9 Å². The molecule has 2 amide bonds. The van der Waals surface area contributed by atoms with Gasteiger partial charge in [0.1, 0.15) is 17.7 Å². The summed E-state index contributed by atoms with van der Waals surface area (Å²) in [7, 11) is 1.43. The molecule has 9 heteroatoms. The maximum absolute atomic E-state index is 13.3. The average Bonchev–Trinajstić information content (AvgIpc) is 3.29. The first kappa shape index (κ1) is 25.9. The highest BCUT2D eigenvalue weighted by molar-refractivity contribution is 5.99. The number of aromatic nitrogens is 1. The van der Waals surface area contributed by atoms with E-state index < -0.39 is 23.2 Å². The van der Waals surface area contributed by atoms with E-state index in [-0.39, 0.29) is 36.4 Å². The number of hydrogen-bond donors (Lipinski definition) is 1. The van der Waals surface area contributed by atoms with Crippen LogP contribution in [0.2, 0.25) is 0 Å². The molecule has 2 fully saturated rings. The van der Waals surface area contributed by atoms with Crippen LogP contribution < -0.4 is 10.7 Å². The van der Waals surface area contributed by atoms with E-state index in [9.17, 15) is 19.2 Å². The molecular weight excluding hydrogens is 438 g/mol. The Morgan fingerprint density at radius 3 is 2.38 bits per heavy atom. The number of rotatable bonds is 8. The standard InChI is InChI=1S/C25H37N3O6/c1-3-33-22(29)17-27(2)25(32)21-16-28(14-19-12-9-13-34-19)15-20(23(21)30)24(31)26-18-10-7-5-4-6-8-11-18/h15-16,18-19H,3-14,17H2,1-2H3,(H,26,31)/t19-/m1/s1. The monoisotopic (exact) mass is 475 g/mol. The Labute approximate surface area is 200 Å². The third-order valence-corrected chi connectivity index (χ3v) is 6.45. The number of likely N-dealkylation sites (N-methyl/N-ethyl adjacent to an activating group) is 1. The van der Waals surface area contributed by atoms with Crippen molar-refractivity contribution in [1.29, 1.82) is 0 Å². The second-order valence-electron chi connectivity index (χ2n) is 9.23. The molecule has 1 atom stereocenters. The molecule has 1 aliphatic carbocycles. The SMILES string of the molecule is CCOC(=O)CN(C)C(=O)c1cn(C[C@H]2CCCO2)cc(C(=O)NC2CCCCCCC2)c1=O. The highest BCUT2D eigenvalue weighted by Gasteiger charge is 2.25. The summed E-state index contributed by atoms with van der Waals surface area (Å²) in [5, 5.41) is 3.03. The maximum Gasteiger partial charge on any atom is 0.325 e. The number of ether oxygens (including phenoxy) is 2. The van der Waals surface area contributed by atoms with Crippen LogP contribution in [0, 0.1) is 0 Å². The molecule has 0 radical (unpaired) electrons. The Morgan fingerprint density at radius 2 is 1.74 bits per heavy atom. The molecule has 0 unspecified atom stereocenters. The fourth-order valence-electron chi connectivity index (χ4n) is 4.62. The Bertz CT molecular complexity index is 914. The van der Waals surface area contributed by atoms with Gasteiger partial charge >= 0.3 is 5.97 Å². The maximum atomic E-state index is 13.3. The lowest BCUT2D eigenvalue weighted by Gasteiger charge is -2.22. The summed E-state index contributed by atoms with van der Waals surface area (Å²) in [6.07, 6.45) is 12.2. The van der Waals surface area contributed by atoms with Crippen LogP contribution in [-0.2, 0) is 20.8 Å². The summed E-state index contributed by atoms with van der Waals surface area (Å²) >= 11 is 0. The predicted octanol–water partition coefficient (Wildman–Crippen LogP) is 2.51. The molecule has 0 spiro atoms. The van der Waals surface area contributed by atoms with Gasteiger partial charge in [-0.3, -0.25) is 19.2 Å². The molecule has 1 saturated carbocycles. The van der Waals surface area contributed by atoms with Crippen molar-refractivity contribution >= 4 is 17.8 Å². The van der Waals surface area contributed by atoms with Gasteiger partial charge in [-0.15, -0.1) is 0 Å². The van der Waals surface area contributed by atoms with Gasteiger partial charge in [0.25, 0.3) is 11.8 Å². The van der Waals surface area contributed by atoms with Gasteiger partial charge in [0, 0.05) is 38.6 Å². The number of nitrogens with zero attached hydrogens (tertiary/aromatic N) is 2. The molecule has 1 saturated heterocycles. The molecule has 0 bridgehead atoms. The van der Waals surface area contributed by atoms with Crippen molar-refractivity contribution in [3.8, 4) is 0 Å². The van der Waals surface area contributed by atoms with Crippen LogP contribution >= 0.6 is 0 Å². The van der Waals surface area contributed by atoms with Gasteiger partial charge in [0.05, 0.1) is 12.7 Å². The lowest BCUT2D eigenvalue weighted by molar-refractivity contribution is -0.143. The summed E-state index contributed by atoms with van der Waals surface area (Å²) < 4.78 is 12.3. The number of nitrogens with one attached hydrogen (secondary N) is 1. The van der Waals surface area contributed by atoms with Crippen LogP contribution in [0.5, 0.6) is 0 Å². The minimum Gasteiger partial charge on any atom is -0.465 e. The molecule has 3 rings (SSSR count). The van der Waals surface area contributed by atoms with Gasteiger partial charge in [0.2, 0.25) is 5.43 Å². The Hall–Kier alpha value is -2.68. The fourth-order valence-corrected chi connectivity index (χ4v) is 4.62. The van der Waals surface area contributed by atoms with Crippen LogP contribution in [0.25, 0.3) is 0 Å². The first-order chi connectivity index (χ1) is 16.4. The molecule has 188 valence electrons. The van der Waals surface area contributed by atoms with E-state index in [0.717, 1.165) is 56.3 Å². The molecule has 2 aliphatic rings. The molecule has 34 heavy (non-hydrogen) atoms. The van der Waals surface area contributed by atoms with Crippen molar-refractivity contribution in [2.75, 3.05) is 26.8 Å². The normalized spacial score (nSPS) is 19.2. The van der Waals surface area contributed by atoms with Gasteiger partial charge < -0.3 is 24.3 Å². The summed E-state index contributed by atoms with van der Waals surface area (Å²) in [5.74, 6) is -1.64. The van der Waals surface area contributed by atoms with Crippen LogP contribution in [0.4, 0.5) is 0 Å². The number of amides is 2. The summed E-state index contributed by atoms with van der Waals surface area (Å²) in [6, 6.07) is 0.0182. The topological polar surface area (TPSA) is 107 Å². The molecular formula is C25H37N3O6. The van der Waals surface area contributed by atoms with Crippen molar-refractivity contribution < 1.29 is 23.9 Å². The second-order valence-corrected chi connectivity index (χ2v) is 9.23. The molecule has 1 aliphatic heterocycles. The van der Waals surface area contributed by atoms with Crippen molar-refractivity contribution in [3.63, 3.8) is 0 Å². The van der Waals surface area contributed by atoms with Crippen LogP contribution in [0.1, 0.15) is 85.4 Å². The van der Waals surface area contributed by atoms with Crippen LogP contribution in [0.3, 0.4) is 0 Å². The van der Waals surface area contributed by atoms with Gasteiger partial charge in [-0.2, -0.15) is 0 Å². The van der Waals surface area contributed by atoms with Gasteiger partial charge in [-0.1, -0.05) is 32.1 Å². The summed E-state index contributed by atoms with van der Waals surface area (Å²) in [6.45, 7) is 2.71. The first-order valence-electron chi connectivity index (χ1n) is 12.5. The molecule has 0 aromatic carbocycles. The highest BCUT2D eigenvalue weighted by atomic mass is 16.5. The van der Waals surface area contributed by atoms with E-state index in [1.54, 1.807) is 11.5 Å². The zero-order valence-electron chi connectivity index (χ0n) is 20.3. The van der Waals surface area contributed by atoms with Crippen molar-refractivity contribution in [3.05, 3.63) is 33.7 Å². The van der Waals surface area contributed by atoms with E-state index in [1.807, 2.05) is 0 Å². The highest BCUT2D eigenvalue weighted by Crippen LogP contribution is 2.18. The van der Waals surface area contributed by atoms with E-state index in [0.29, 0.717) is 13.2 Å². The molecule has 1 aromatic rings. The number of carbonyl (C=O) groups excluding carboxylic acids is 3. The Morgan fingerprint density at radius 1 is 1.06 bits per heavy atom. The summed E-state index contributed by atoms with van der Waals surface area (Å²) in [4.78, 5) is 52.5. The van der Waals surface area contributed by atoms with E-state index in [4.69, 9.17) is 9.47 Å². The van der Waals surface area contributed by atoms with E-state index >= 15 is 0 Å². The van der Waals surface area contributed by atoms with Crippen molar-refractivity contribution in [1.82, 2.24) is 14.8 Å². The van der Waals surface area contributed by atoms with Crippen LogP contribution in [-0.4, -0.2) is 66.2 Å². The molecule has 1 N–H and O–H groups in total. The zero-order chi connectivity index (χ0) is 24.5. The third kappa shape index (κ3) is 7.16. The van der Waals surface area contributed by atoms with Crippen molar-refractivity contribution in [2.45, 2.75) is 83.4 Å². The Kier molecular flexibility index (Phi) is 9.68. The molecule has 2 heterocycles. The minimum absolute atomic E-state index is 0.0182. The quantitative estimate of drug-likeness (QED) is 0.579. The molecule has 9 nitrogen and oxygen atoms in total. The largest absolute Gasteiger partial charge is 0.465 e. The fraction of sp³-hybridized carbons (Fsp3) is 0.680. The van der Waals surface area contributed by atoms with Gasteiger partial charge in [-0.25, -0.2) is 0 Å². The number of pyridine rings is 1. The summed E-state index contributed by atoms with van der Waals surface area (Å²) in [5.41, 5.74) is -0.835. The van der Waals surface area contributed by atoms with Gasteiger partial charge in [-0.05, 0) is 32.6 Å². The lowest BCUT2D eigenvalue weighted by atomic mass is 9.96. The van der Waals surface area contributed by atoms with Crippen molar-refractivity contribution in [2.24, 2.45) is 0 Å². The zero-order valence-corrected chi connectivity index (χ0v) is 20.3. The van der Waals surface area contributed by atoms with Gasteiger partial charge in [0.15, 0.2) is 0 Å². The second kappa shape index (κ2) is 12.7. The third-order valence-electron chi connectivity index (χ3n) is 6.45. The lowest BCUT2D eigenvalue weighted by Crippen LogP contribution is -2.41. The first-order valence-corrected chi connectivity index (χ1v) is 12.5. The number of hydrogen-bond acceptors (Lipinski definition) is 6. The minimum atomic E-state index is -0.632. The number of esters is 1. The molecule has 1 aromatic heterocycles.